The topological polar surface area (TPSA) is 29.1 Å². The molecule has 0 aliphatic rings. The third kappa shape index (κ3) is 5.25. The zero-order chi connectivity index (χ0) is 24.5. The van der Waals surface area contributed by atoms with E-state index in [4.69, 9.17) is 11.6 Å². The number of halogens is 1. The molecule has 2 nitrogen and oxygen atoms in total. The lowest BCUT2D eigenvalue weighted by Crippen LogP contribution is -2.39. The van der Waals surface area contributed by atoms with Crippen LogP contribution in [0.2, 0.25) is 5.02 Å². The van der Waals surface area contributed by atoms with Gasteiger partial charge in [-0.2, -0.15) is 0 Å². The van der Waals surface area contributed by atoms with Crippen molar-refractivity contribution in [2.24, 2.45) is 0 Å². The fourth-order valence-corrected chi connectivity index (χ4v) is 8.85. The smallest absolute Gasteiger partial charge is 0.253 e. The van der Waals surface area contributed by atoms with Crippen LogP contribution in [0.3, 0.4) is 0 Å². The highest BCUT2D eigenvalue weighted by molar-refractivity contribution is 7.96. The van der Waals surface area contributed by atoms with Gasteiger partial charge in [-0.3, -0.25) is 4.79 Å². The molecule has 0 saturated heterocycles. The molecule has 0 fully saturated rings. The number of nitrogens with one attached hydrogen (secondary N) is 1. The number of benzene rings is 4. The Morgan fingerprint density at radius 3 is 1.63 bits per heavy atom. The third-order valence-corrected chi connectivity index (χ3v) is 10.4. The van der Waals surface area contributed by atoms with Crippen molar-refractivity contribution >= 4 is 45.6 Å². The molecule has 35 heavy (non-hydrogen) atoms. The first-order valence-corrected chi connectivity index (χ1v) is 13.6. The van der Waals surface area contributed by atoms with Crippen molar-refractivity contribution in [1.29, 1.82) is 0 Å². The van der Waals surface area contributed by atoms with Crippen LogP contribution >= 0.6 is 18.5 Å². The molecule has 0 aliphatic heterocycles. The lowest BCUT2D eigenvalue weighted by atomic mass is 10.1. The summed E-state index contributed by atoms with van der Waals surface area (Å²) in [5.41, 5.74) is 0.851. The van der Waals surface area contributed by atoms with Crippen molar-refractivity contribution in [3.05, 3.63) is 151 Å². The SMILES string of the molecule is C=C/C=C/CNC(=O)C(c1ccc(Cl)cc1)=P(c1ccccc1)(c1ccccc1)c1ccccc1. The summed E-state index contributed by atoms with van der Waals surface area (Å²) in [6, 6.07) is 38.7. The summed E-state index contributed by atoms with van der Waals surface area (Å²) in [4.78, 5) is 14.1. The van der Waals surface area contributed by atoms with Crippen molar-refractivity contribution < 1.29 is 4.79 Å². The van der Waals surface area contributed by atoms with E-state index in [1.807, 2.05) is 91.0 Å². The summed E-state index contributed by atoms with van der Waals surface area (Å²) >= 11 is 6.26. The summed E-state index contributed by atoms with van der Waals surface area (Å²) in [6.07, 6.45) is 5.42. The normalized spacial score (nSPS) is 11.2. The maximum atomic E-state index is 14.1. The van der Waals surface area contributed by atoms with Crippen molar-refractivity contribution in [2.75, 3.05) is 6.54 Å². The molecule has 0 bridgehead atoms. The Labute approximate surface area is 212 Å². The first-order chi connectivity index (χ1) is 17.2. The molecule has 0 radical (unpaired) electrons. The van der Waals surface area contributed by atoms with Crippen LogP contribution < -0.4 is 21.2 Å². The molecule has 1 amide bonds. The molecule has 174 valence electrons. The summed E-state index contributed by atoms with van der Waals surface area (Å²) < 4.78 is 0. The highest BCUT2D eigenvalue weighted by Crippen LogP contribution is 2.47. The van der Waals surface area contributed by atoms with Gasteiger partial charge in [-0.05, 0) is 40.5 Å². The first kappa shape index (κ1) is 24.5. The summed E-state index contributed by atoms with van der Waals surface area (Å²) in [6.45, 7) is 1.52. The first-order valence-electron chi connectivity index (χ1n) is 11.4. The Balaban J connectivity index is 2.18. The van der Waals surface area contributed by atoms with Crippen molar-refractivity contribution in [2.45, 2.75) is 0 Å². The number of allylic oxidation sites excluding steroid dienone is 2. The standard InChI is InChI=1S/C31H27ClNOP/c1-2-3-13-24-33-31(34)30(25-20-22-26(32)23-21-25)35(27-14-7-4-8-15-27,28-16-9-5-10-17-28)29-18-11-6-12-19-29/h2-23H,1,24H2,(H,33,34)/b13-3+. The molecule has 4 rings (SSSR count). The third-order valence-electron chi connectivity index (χ3n) is 5.75. The van der Waals surface area contributed by atoms with E-state index in [1.54, 1.807) is 6.08 Å². The molecule has 4 aromatic carbocycles. The molecular formula is C31H27ClNOP. The zero-order valence-corrected chi connectivity index (χ0v) is 21.0. The second-order valence-electron chi connectivity index (χ2n) is 7.91. The molecule has 1 N–H and O–H groups in total. The van der Waals surface area contributed by atoms with Crippen LogP contribution in [0.25, 0.3) is 0 Å². The van der Waals surface area contributed by atoms with E-state index >= 15 is 0 Å². The average Bonchev–Trinajstić information content (AvgIpc) is 2.92. The van der Waals surface area contributed by atoms with Gasteiger partial charge in [0.1, 0.15) is 0 Å². The Morgan fingerprint density at radius 2 is 1.20 bits per heavy atom. The molecule has 0 spiro atoms. The minimum absolute atomic E-state index is 0.106. The molecule has 0 unspecified atom stereocenters. The fourth-order valence-electron chi connectivity index (χ4n) is 4.27. The highest BCUT2D eigenvalue weighted by atomic mass is 35.5. The van der Waals surface area contributed by atoms with Gasteiger partial charge in [0, 0.05) is 11.6 Å². The molecule has 0 aliphatic carbocycles. The number of rotatable bonds is 8. The summed E-state index contributed by atoms with van der Waals surface area (Å²) in [7, 11) is 0. The second-order valence-corrected chi connectivity index (χ2v) is 11.7. The fraction of sp³-hybridized carbons (Fsp3) is 0.0323. The van der Waals surface area contributed by atoms with Gasteiger partial charge in [-0.1, -0.05) is 140 Å². The van der Waals surface area contributed by atoms with Gasteiger partial charge in [0.25, 0.3) is 5.91 Å². The molecule has 0 atom stereocenters. The van der Waals surface area contributed by atoms with Gasteiger partial charge in [-0.15, -0.1) is 0 Å². The van der Waals surface area contributed by atoms with Gasteiger partial charge in [0.2, 0.25) is 0 Å². The summed E-state index contributed by atoms with van der Waals surface area (Å²) in [5.74, 6) is -0.106. The highest BCUT2D eigenvalue weighted by Gasteiger charge is 2.33. The maximum Gasteiger partial charge on any atom is 0.253 e. The molecule has 0 aromatic heterocycles. The summed E-state index contributed by atoms with van der Waals surface area (Å²) in [5, 5.41) is 7.83. The lowest BCUT2D eigenvalue weighted by molar-refractivity contribution is -0.114. The van der Waals surface area contributed by atoms with Crippen molar-refractivity contribution in [3.63, 3.8) is 0 Å². The van der Waals surface area contributed by atoms with Crippen LogP contribution in [0.1, 0.15) is 5.56 Å². The van der Waals surface area contributed by atoms with Crippen LogP contribution in [0.4, 0.5) is 0 Å². The predicted molar refractivity (Wildman–Crippen MR) is 153 cm³/mol. The van der Waals surface area contributed by atoms with Gasteiger partial charge in [0.15, 0.2) is 0 Å². The van der Waals surface area contributed by atoms with Crippen LogP contribution in [-0.4, -0.2) is 17.7 Å². The number of carbonyl (C=O) groups excluding carboxylic acids is 1. The van der Waals surface area contributed by atoms with E-state index in [-0.39, 0.29) is 5.91 Å². The Hall–Kier alpha value is -3.58. The van der Waals surface area contributed by atoms with E-state index in [1.165, 1.54) is 0 Å². The van der Waals surface area contributed by atoms with Gasteiger partial charge >= 0.3 is 0 Å². The monoisotopic (exact) mass is 495 g/mol. The van der Waals surface area contributed by atoms with Crippen LogP contribution in [0.5, 0.6) is 0 Å². The Kier molecular flexibility index (Phi) is 8.21. The lowest BCUT2D eigenvalue weighted by Gasteiger charge is -2.32. The molecule has 4 heteroatoms. The minimum Gasteiger partial charge on any atom is -0.348 e. The molecule has 0 heterocycles. The van der Waals surface area contributed by atoms with Gasteiger partial charge in [0.05, 0.1) is 5.29 Å². The number of hydrogen-bond donors (Lipinski definition) is 1. The van der Waals surface area contributed by atoms with E-state index in [2.05, 4.69) is 48.3 Å². The van der Waals surface area contributed by atoms with E-state index in [0.717, 1.165) is 26.8 Å². The van der Waals surface area contributed by atoms with E-state index in [0.29, 0.717) is 11.6 Å². The predicted octanol–water partition coefficient (Wildman–Crippen LogP) is 5.71. The maximum absolute atomic E-state index is 14.1. The average molecular weight is 496 g/mol. The second kappa shape index (κ2) is 11.7. The van der Waals surface area contributed by atoms with E-state index in [9.17, 15) is 4.79 Å². The number of hydrogen-bond acceptors (Lipinski definition) is 1. The quantitative estimate of drug-likeness (QED) is 0.246. The molecule has 4 aromatic rings. The van der Waals surface area contributed by atoms with E-state index < -0.39 is 6.89 Å². The van der Waals surface area contributed by atoms with Crippen LogP contribution in [-0.2, 0) is 4.79 Å². The molecule has 0 saturated carbocycles. The zero-order valence-electron chi connectivity index (χ0n) is 19.3. The largest absolute Gasteiger partial charge is 0.348 e. The minimum atomic E-state index is -2.59. The number of carbonyl (C=O) groups is 1. The van der Waals surface area contributed by atoms with Crippen LogP contribution in [0.15, 0.2) is 140 Å². The number of amides is 1. The molecular weight excluding hydrogens is 469 g/mol. The van der Waals surface area contributed by atoms with Crippen molar-refractivity contribution in [3.8, 4) is 0 Å². The van der Waals surface area contributed by atoms with Gasteiger partial charge < -0.3 is 5.32 Å². The Morgan fingerprint density at radius 1 is 0.743 bits per heavy atom. The van der Waals surface area contributed by atoms with Crippen molar-refractivity contribution in [1.82, 2.24) is 5.32 Å². The Bertz CT molecular complexity index is 1260. The van der Waals surface area contributed by atoms with Gasteiger partial charge in [-0.25, -0.2) is 0 Å². The van der Waals surface area contributed by atoms with Crippen LogP contribution in [0, 0.1) is 0 Å².